The summed E-state index contributed by atoms with van der Waals surface area (Å²) in [6.45, 7) is 1.04. The molecule has 2 fully saturated rings. The van der Waals surface area contributed by atoms with Crippen LogP contribution in [0.15, 0.2) is 60.7 Å². The molecule has 0 N–H and O–H groups in total. The summed E-state index contributed by atoms with van der Waals surface area (Å²) in [5.74, 6) is 0.0435. The minimum absolute atomic E-state index is 0.146. The third kappa shape index (κ3) is 5.98. The first-order valence-corrected chi connectivity index (χ1v) is 11.9. The van der Waals surface area contributed by atoms with Gasteiger partial charge in [-0.2, -0.15) is 0 Å². The molecule has 2 aromatic rings. The van der Waals surface area contributed by atoms with E-state index in [2.05, 4.69) is 0 Å². The molecule has 2 amide bonds. The van der Waals surface area contributed by atoms with E-state index < -0.39 is 6.09 Å². The van der Waals surface area contributed by atoms with Crippen LogP contribution < -0.4 is 0 Å². The highest BCUT2D eigenvalue weighted by molar-refractivity contribution is 5.95. The van der Waals surface area contributed by atoms with Gasteiger partial charge in [-0.15, -0.1) is 0 Å². The van der Waals surface area contributed by atoms with E-state index in [0.29, 0.717) is 25.6 Å². The molecule has 2 aromatic carbocycles. The van der Waals surface area contributed by atoms with Gasteiger partial charge in [0, 0.05) is 0 Å². The van der Waals surface area contributed by atoms with E-state index in [1.165, 1.54) is 24.2 Å². The molecule has 1 aliphatic carbocycles. The fourth-order valence-electron chi connectivity index (χ4n) is 4.92. The predicted molar refractivity (Wildman–Crippen MR) is 123 cm³/mol. The monoisotopic (exact) mass is 435 g/mol. The Balaban J connectivity index is 1.44. The fraction of sp³-hybridized carbons (Fsp3) is 0.481. The lowest BCUT2D eigenvalue weighted by Gasteiger charge is -2.29. The maximum atomic E-state index is 13.6. The highest BCUT2D eigenvalue weighted by atomic mass is 16.6. The second kappa shape index (κ2) is 11.3. The van der Waals surface area contributed by atoms with Gasteiger partial charge in [0.2, 0.25) is 5.91 Å². The number of benzene rings is 2. The van der Waals surface area contributed by atoms with Gasteiger partial charge in [0.15, 0.2) is 0 Å². The van der Waals surface area contributed by atoms with E-state index in [4.69, 9.17) is 9.47 Å². The van der Waals surface area contributed by atoms with Gasteiger partial charge in [0.1, 0.15) is 6.61 Å². The van der Waals surface area contributed by atoms with Crippen LogP contribution in [0, 0.1) is 11.8 Å². The van der Waals surface area contributed by atoms with Gasteiger partial charge in [0.05, 0.1) is 25.2 Å². The van der Waals surface area contributed by atoms with Crippen molar-refractivity contribution in [2.45, 2.75) is 57.6 Å². The molecule has 170 valence electrons. The minimum atomic E-state index is -0.521. The van der Waals surface area contributed by atoms with E-state index in [1.807, 2.05) is 60.7 Å². The van der Waals surface area contributed by atoms with Crippen molar-refractivity contribution in [1.82, 2.24) is 4.90 Å². The van der Waals surface area contributed by atoms with Crippen LogP contribution in [0.3, 0.4) is 0 Å². The van der Waals surface area contributed by atoms with Gasteiger partial charge in [-0.3, -0.25) is 4.79 Å². The van der Waals surface area contributed by atoms with Crippen LogP contribution >= 0.6 is 0 Å². The number of imide groups is 1. The average Bonchev–Trinajstić information content (AvgIpc) is 3.19. The number of nitrogens with zero attached hydrogens (tertiary/aromatic N) is 1. The van der Waals surface area contributed by atoms with Crippen molar-refractivity contribution in [3.05, 3.63) is 71.8 Å². The van der Waals surface area contributed by atoms with Crippen molar-refractivity contribution >= 4 is 12.0 Å². The standard InChI is InChI=1S/C27H33NO4/c29-26(28-25(20-32-27(28)30)17-22-12-6-2-7-13-22)24(16-21-10-4-1-5-11-21)19-31-18-23-14-8-3-9-15-23/h2-3,6-9,12-15,21,24-25H,1,4-5,10-11,16-20H2/t24-,25+/m0/s1. The summed E-state index contributed by atoms with van der Waals surface area (Å²) in [6, 6.07) is 19.7. The molecule has 0 radical (unpaired) electrons. The zero-order valence-corrected chi connectivity index (χ0v) is 18.7. The lowest BCUT2D eigenvalue weighted by atomic mass is 9.82. The molecule has 0 unspecified atom stereocenters. The molecule has 0 spiro atoms. The van der Waals surface area contributed by atoms with Gasteiger partial charge in [-0.25, -0.2) is 9.69 Å². The van der Waals surface area contributed by atoms with Crippen molar-refractivity contribution in [2.24, 2.45) is 11.8 Å². The first-order chi connectivity index (χ1) is 15.7. The topological polar surface area (TPSA) is 55.8 Å². The molecule has 0 bridgehead atoms. The number of cyclic esters (lactones) is 1. The zero-order chi connectivity index (χ0) is 22.2. The second-order valence-corrected chi connectivity index (χ2v) is 9.07. The van der Waals surface area contributed by atoms with E-state index in [0.717, 1.165) is 30.4 Å². The third-order valence-corrected chi connectivity index (χ3v) is 6.64. The molecule has 1 heterocycles. The largest absolute Gasteiger partial charge is 0.447 e. The average molecular weight is 436 g/mol. The van der Waals surface area contributed by atoms with Gasteiger partial charge in [-0.1, -0.05) is 92.8 Å². The Kier molecular flexibility index (Phi) is 7.94. The molecule has 0 aromatic heterocycles. The molecule has 2 atom stereocenters. The maximum Gasteiger partial charge on any atom is 0.416 e. The summed E-state index contributed by atoms with van der Waals surface area (Å²) in [5.41, 5.74) is 2.18. The first-order valence-electron chi connectivity index (χ1n) is 11.9. The molecule has 4 rings (SSSR count). The number of amides is 2. The van der Waals surface area contributed by atoms with E-state index in [1.54, 1.807) is 0 Å². The Morgan fingerprint density at radius 1 is 0.969 bits per heavy atom. The molecule has 5 heteroatoms. The number of hydrogen-bond acceptors (Lipinski definition) is 4. The van der Waals surface area contributed by atoms with E-state index in [-0.39, 0.29) is 24.5 Å². The zero-order valence-electron chi connectivity index (χ0n) is 18.7. The van der Waals surface area contributed by atoms with Crippen LogP contribution in [0.25, 0.3) is 0 Å². The molecule has 1 saturated heterocycles. The van der Waals surface area contributed by atoms with Gasteiger partial charge >= 0.3 is 6.09 Å². The van der Waals surface area contributed by atoms with Crippen LogP contribution in [-0.2, 0) is 27.3 Å². The van der Waals surface area contributed by atoms with Gasteiger partial charge in [0.25, 0.3) is 0 Å². The SMILES string of the molecule is O=C1OC[C@@H](Cc2ccccc2)N1C(=O)[C@H](COCc1ccccc1)CC1CCCCC1. The van der Waals surface area contributed by atoms with Crippen LogP contribution in [-0.4, -0.2) is 36.2 Å². The van der Waals surface area contributed by atoms with Crippen LogP contribution in [0.4, 0.5) is 4.79 Å². The van der Waals surface area contributed by atoms with Gasteiger partial charge < -0.3 is 9.47 Å². The number of hydrogen-bond donors (Lipinski definition) is 0. The van der Waals surface area contributed by atoms with E-state index in [9.17, 15) is 9.59 Å². The maximum absolute atomic E-state index is 13.6. The predicted octanol–water partition coefficient (Wildman–Crippen LogP) is 5.38. The summed E-state index contributed by atoms with van der Waals surface area (Å²) < 4.78 is 11.3. The lowest BCUT2D eigenvalue weighted by molar-refractivity contribution is -0.136. The summed E-state index contributed by atoms with van der Waals surface area (Å²) in [5, 5.41) is 0. The number of carbonyl (C=O) groups is 2. The fourth-order valence-corrected chi connectivity index (χ4v) is 4.92. The summed E-state index contributed by atoms with van der Waals surface area (Å²) in [4.78, 5) is 27.5. The minimum Gasteiger partial charge on any atom is -0.447 e. The third-order valence-electron chi connectivity index (χ3n) is 6.64. The Morgan fingerprint density at radius 3 is 2.31 bits per heavy atom. The Hall–Kier alpha value is -2.66. The Labute approximate surface area is 190 Å². The molecular weight excluding hydrogens is 402 g/mol. The van der Waals surface area contributed by atoms with Crippen LogP contribution in [0.2, 0.25) is 0 Å². The highest BCUT2D eigenvalue weighted by Gasteiger charge is 2.41. The van der Waals surface area contributed by atoms with Crippen LogP contribution in [0.5, 0.6) is 0 Å². The van der Waals surface area contributed by atoms with E-state index >= 15 is 0 Å². The van der Waals surface area contributed by atoms with Crippen molar-refractivity contribution in [2.75, 3.05) is 13.2 Å². The molecule has 5 nitrogen and oxygen atoms in total. The van der Waals surface area contributed by atoms with Crippen molar-refractivity contribution < 1.29 is 19.1 Å². The smallest absolute Gasteiger partial charge is 0.416 e. The number of ether oxygens (including phenoxy) is 2. The molecule has 1 aliphatic heterocycles. The molecule has 1 saturated carbocycles. The number of carbonyl (C=O) groups excluding carboxylic acids is 2. The summed E-state index contributed by atoms with van der Waals surface area (Å²) in [7, 11) is 0. The normalized spacial score (nSPS) is 20.2. The van der Waals surface area contributed by atoms with Gasteiger partial charge in [-0.05, 0) is 29.9 Å². The molecular formula is C27H33NO4. The Bertz CT molecular complexity index is 864. The lowest BCUT2D eigenvalue weighted by Crippen LogP contribution is -2.45. The van der Waals surface area contributed by atoms with Crippen molar-refractivity contribution in [3.8, 4) is 0 Å². The highest BCUT2D eigenvalue weighted by Crippen LogP contribution is 2.31. The molecule has 32 heavy (non-hydrogen) atoms. The summed E-state index contributed by atoms with van der Waals surface area (Å²) >= 11 is 0. The second-order valence-electron chi connectivity index (χ2n) is 9.07. The number of rotatable bonds is 9. The first kappa shape index (κ1) is 22.5. The summed E-state index contributed by atoms with van der Waals surface area (Å²) in [6.07, 6.45) is 6.89. The van der Waals surface area contributed by atoms with Crippen molar-refractivity contribution in [1.29, 1.82) is 0 Å². The van der Waals surface area contributed by atoms with Crippen LogP contribution in [0.1, 0.15) is 49.7 Å². The molecule has 2 aliphatic rings. The Morgan fingerprint density at radius 2 is 1.62 bits per heavy atom. The quantitative estimate of drug-likeness (QED) is 0.531. The van der Waals surface area contributed by atoms with Crippen molar-refractivity contribution in [3.63, 3.8) is 0 Å².